The molecule has 0 atom stereocenters. The maximum atomic E-state index is 8.68. The fraction of sp³-hybridized carbons (Fsp3) is 0. The van der Waals surface area contributed by atoms with Crippen molar-refractivity contribution in [1.29, 1.82) is 0 Å². The second-order valence-corrected chi connectivity index (χ2v) is 4.23. The van der Waals surface area contributed by atoms with E-state index in [0.29, 0.717) is 11.3 Å². The molecular weight excluding hydrogens is 321 g/mol. The molecule has 2 aromatic rings. The van der Waals surface area contributed by atoms with Crippen molar-refractivity contribution in [2.75, 3.05) is 0 Å². The van der Waals surface area contributed by atoms with Crippen LogP contribution in [0.2, 0.25) is 0 Å². The Hall–Kier alpha value is -1.64. The normalized spacial score (nSPS) is 11.7. The van der Waals surface area contributed by atoms with E-state index in [2.05, 4.69) is 37.8 Å². The summed E-state index contributed by atoms with van der Waals surface area (Å²) in [7, 11) is 0. The number of pyridine rings is 1. The van der Waals surface area contributed by atoms with Crippen molar-refractivity contribution in [2.45, 2.75) is 0 Å². The third-order valence-electron chi connectivity index (χ3n) is 1.98. The summed E-state index contributed by atoms with van der Waals surface area (Å²) in [6, 6.07) is 1.67. The first-order valence-corrected chi connectivity index (χ1v) is 5.42. The fourth-order valence-electron chi connectivity index (χ4n) is 1.27. The summed E-state index contributed by atoms with van der Waals surface area (Å²) in [5, 5.41) is 15.8. The van der Waals surface area contributed by atoms with E-state index in [0.717, 1.165) is 3.57 Å². The van der Waals surface area contributed by atoms with Crippen LogP contribution in [0.4, 0.5) is 0 Å². The second-order valence-electron chi connectivity index (χ2n) is 2.98. The van der Waals surface area contributed by atoms with Gasteiger partial charge in [-0.3, -0.25) is 4.98 Å². The van der Waals surface area contributed by atoms with Gasteiger partial charge >= 0.3 is 0 Å². The number of aromatic nitrogens is 3. The zero-order chi connectivity index (χ0) is 11.5. The molecule has 0 unspecified atom stereocenters. The Balaban J connectivity index is 2.57. The molecule has 0 amide bonds. The molecule has 0 aliphatic carbocycles. The molecule has 0 saturated heterocycles. The van der Waals surface area contributed by atoms with Gasteiger partial charge in [0.2, 0.25) is 0 Å². The molecule has 82 valence electrons. The van der Waals surface area contributed by atoms with E-state index >= 15 is 0 Å². The molecular formula is C9H8IN5O. The zero-order valence-electron chi connectivity index (χ0n) is 8.08. The van der Waals surface area contributed by atoms with Crippen LogP contribution in [-0.4, -0.2) is 25.8 Å². The standard InChI is InChI=1S/C9H8IN5O/c10-6-3-13-15(5-6)8-4-12-2-1-7(8)9(11)14-16/h1-5,16H,(H2,11,14). The van der Waals surface area contributed by atoms with Crippen LogP contribution < -0.4 is 5.73 Å². The topological polar surface area (TPSA) is 89.3 Å². The van der Waals surface area contributed by atoms with Crippen LogP contribution in [0.25, 0.3) is 5.69 Å². The lowest BCUT2D eigenvalue weighted by Crippen LogP contribution is -2.16. The minimum absolute atomic E-state index is 0.0305. The first-order chi connectivity index (χ1) is 7.72. The SMILES string of the molecule is N/C(=N/O)c1ccncc1-n1cc(I)cn1. The molecule has 0 bridgehead atoms. The van der Waals surface area contributed by atoms with Crippen LogP contribution in [0.3, 0.4) is 0 Å². The van der Waals surface area contributed by atoms with Crippen LogP contribution in [0.1, 0.15) is 5.56 Å². The zero-order valence-corrected chi connectivity index (χ0v) is 10.2. The lowest BCUT2D eigenvalue weighted by atomic mass is 10.2. The van der Waals surface area contributed by atoms with Gasteiger partial charge in [-0.1, -0.05) is 5.16 Å². The van der Waals surface area contributed by atoms with E-state index in [1.54, 1.807) is 29.3 Å². The van der Waals surface area contributed by atoms with E-state index in [1.807, 2.05) is 6.20 Å². The first-order valence-electron chi connectivity index (χ1n) is 4.35. The lowest BCUT2D eigenvalue weighted by Gasteiger charge is -2.06. The molecule has 3 N–H and O–H groups in total. The van der Waals surface area contributed by atoms with E-state index in [9.17, 15) is 0 Å². The van der Waals surface area contributed by atoms with Crippen molar-refractivity contribution >= 4 is 28.4 Å². The van der Waals surface area contributed by atoms with Crippen molar-refractivity contribution in [3.63, 3.8) is 0 Å². The lowest BCUT2D eigenvalue weighted by molar-refractivity contribution is 0.318. The van der Waals surface area contributed by atoms with Gasteiger partial charge in [-0.15, -0.1) is 0 Å². The molecule has 2 rings (SSSR count). The van der Waals surface area contributed by atoms with Gasteiger partial charge in [0.05, 0.1) is 21.7 Å². The van der Waals surface area contributed by atoms with Gasteiger partial charge < -0.3 is 10.9 Å². The highest BCUT2D eigenvalue weighted by Gasteiger charge is 2.09. The predicted octanol–water partition coefficient (Wildman–Crippen LogP) is 0.966. The van der Waals surface area contributed by atoms with Crippen LogP contribution in [0.5, 0.6) is 0 Å². The Morgan fingerprint density at radius 2 is 2.31 bits per heavy atom. The number of hydrogen-bond donors (Lipinski definition) is 2. The van der Waals surface area contributed by atoms with Crippen molar-refractivity contribution in [2.24, 2.45) is 10.9 Å². The van der Waals surface area contributed by atoms with E-state index < -0.39 is 0 Å². The predicted molar refractivity (Wildman–Crippen MR) is 66.6 cm³/mol. The number of oxime groups is 1. The number of amidine groups is 1. The maximum Gasteiger partial charge on any atom is 0.172 e. The van der Waals surface area contributed by atoms with E-state index in [1.165, 1.54) is 0 Å². The third kappa shape index (κ3) is 1.98. The number of halogens is 1. The molecule has 0 aliphatic rings. The highest BCUT2D eigenvalue weighted by atomic mass is 127. The molecule has 0 spiro atoms. The van der Waals surface area contributed by atoms with Crippen LogP contribution >= 0.6 is 22.6 Å². The molecule has 0 fully saturated rings. The second kappa shape index (κ2) is 4.47. The summed E-state index contributed by atoms with van der Waals surface area (Å²) >= 11 is 2.15. The molecule has 2 heterocycles. The van der Waals surface area contributed by atoms with Crippen molar-refractivity contribution in [1.82, 2.24) is 14.8 Å². The molecule has 0 radical (unpaired) electrons. The van der Waals surface area contributed by atoms with Gasteiger partial charge in [-0.2, -0.15) is 5.10 Å². The van der Waals surface area contributed by atoms with Crippen molar-refractivity contribution in [3.8, 4) is 5.69 Å². The Bertz CT molecular complexity index is 536. The van der Waals surface area contributed by atoms with Crippen molar-refractivity contribution in [3.05, 3.63) is 40.0 Å². The molecule has 16 heavy (non-hydrogen) atoms. The summed E-state index contributed by atoms with van der Waals surface area (Å²) in [6.45, 7) is 0. The number of rotatable bonds is 2. The molecule has 6 nitrogen and oxygen atoms in total. The van der Waals surface area contributed by atoms with Crippen molar-refractivity contribution < 1.29 is 5.21 Å². The van der Waals surface area contributed by atoms with Gasteiger partial charge in [0.1, 0.15) is 0 Å². The van der Waals surface area contributed by atoms with Gasteiger partial charge in [-0.05, 0) is 28.7 Å². The summed E-state index contributed by atoms with van der Waals surface area (Å²) in [6.07, 6.45) is 6.72. The molecule has 2 aromatic heterocycles. The molecule has 0 aliphatic heterocycles. The largest absolute Gasteiger partial charge is 0.409 e. The molecule has 0 aromatic carbocycles. The molecule has 0 saturated carbocycles. The minimum Gasteiger partial charge on any atom is -0.409 e. The highest BCUT2D eigenvalue weighted by molar-refractivity contribution is 14.1. The third-order valence-corrected chi connectivity index (χ3v) is 2.54. The Labute approximate surface area is 105 Å². The van der Waals surface area contributed by atoms with Gasteiger partial charge in [0.25, 0.3) is 0 Å². The Kier molecular flexibility index (Phi) is 3.04. The van der Waals surface area contributed by atoms with Crippen LogP contribution in [0, 0.1) is 3.57 Å². The molecule has 7 heteroatoms. The Morgan fingerprint density at radius 1 is 1.50 bits per heavy atom. The van der Waals surface area contributed by atoms with Crippen LogP contribution in [0.15, 0.2) is 36.0 Å². The minimum atomic E-state index is 0.0305. The smallest absolute Gasteiger partial charge is 0.172 e. The van der Waals surface area contributed by atoms with Gasteiger partial charge in [0.15, 0.2) is 5.84 Å². The quantitative estimate of drug-likeness (QED) is 0.282. The summed E-state index contributed by atoms with van der Waals surface area (Å²) in [5.41, 5.74) is 6.82. The fourth-order valence-corrected chi connectivity index (χ4v) is 1.66. The van der Waals surface area contributed by atoms with Gasteiger partial charge in [-0.25, -0.2) is 4.68 Å². The summed E-state index contributed by atoms with van der Waals surface area (Å²) < 4.78 is 2.62. The average Bonchev–Trinajstić information content (AvgIpc) is 2.75. The number of nitrogens with zero attached hydrogens (tertiary/aromatic N) is 4. The Morgan fingerprint density at radius 3 is 2.94 bits per heavy atom. The number of nitrogens with two attached hydrogens (primary N) is 1. The maximum absolute atomic E-state index is 8.68. The van der Waals surface area contributed by atoms with E-state index in [4.69, 9.17) is 10.9 Å². The highest BCUT2D eigenvalue weighted by Crippen LogP contribution is 2.13. The first kappa shape index (κ1) is 10.9. The average molecular weight is 329 g/mol. The number of hydrogen-bond acceptors (Lipinski definition) is 4. The van der Waals surface area contributed by atoms with Crippen LogP contribution in [-0.2, 0) is 0 Å². The monoisotopic (exact) mass is 329 g/mol. The summed E-state index contributed by atoms with van der Waals surface area (Å²) in [5.74, 6) is 0.0305. The summed E-state index contributed by atoms with van der Waals surface area (Å²) in [4.78, 5) is 3.99. The van der Waals surface area contributed by atoms with E-state index in [-0.39, 0.29) is 5.84 Å². The van der Waals surface area contributed by atoms with Gasteiger partial charge in [0, 0.05) is 18.0 Å².